The second-order valence-corrected chi connectivity index (χ2v) is 4.86. The molecule has 0 bridgehead atoms. The average molecular weight is 276 g/mol. The highest BCUT2D eigenvalue weighted by molar-refractivity contribution is 5.38. The molecule has 2 aromatic rings. The quantitative estimate of drug-likeness (QED) is 0.891. The zero-order valence-corrected chi connectivity index (χ0v) is 10.7. The van der Waals surface area contributed by atoms with Gasteiger partial charge in [0.25, 0.3) is 6.43 Å². The van der Waals surface area contributed by atoms with E-state index in [4.69, 9.17) is 4.74 Å². The molecular formula is C16H14F2O2. The molecule has 0 spiro atoms. The monoisotopic (exact) mass is 276 g/mol. The van der Waals surface area contributed by atoms with Crippen molar-refractivity contribution in [2.24, 2.45) is 0 Å². The van der Waals surface area contributed by atoms with E-state index in [0.29, 0.717) is 12.2 Å². The summed E-state index contributed by atoms with van der Waals surface area (Å²) in [5.41, 5.74) is 1.56. The molecule has 0 aromatic heterocycles. The molecule has 2 aromatic carbocycles. The van der Waals surface area contributed by atoms with Crippen LogP contribution in [-0.2, 0) is 0 Å². The number of aliphatic hydroxyl groups excluding tert-OH is 1. The lowest BCUT2D eigenvalue weighted by molar-refractivity contribution is 0.0656. The number of para-hydroxylation sites is 1. The van der Waals surface area contributed by atoms with Gasteiger partial charge in [0.1, 0.15) is 11.9 Å². The maximum Gasteiger partial charge on any atom is 0.263 e. The summed E-state index contributed by atoms with van der Waals surface area (Å²) in [6.45, 7) is 0. The van der Waals surface area contributed by atoms with Crippen molar-refractivity contribution >= 4 is 0 Å². The first-order valence-electron chi connectivity index (χ1n) is 6.47. The third-order valence-electron chi connectivity index (χ3n) is 3.54. The highest BCUT2D eigenvalue weighted by atomic mass is 19.3. The molecule has 1 N–H and O–H groups in total. The van der Waals surface area contributed by atoms with Crippen molar-refractivity contribution < 1.29 is 18.6 Å². The van der Waals surface area contributed by atoms with Gasteiger partial charge in [-0.3, -0.25) is 0 Å². The van der Waals surface area contributed by atoms with Gasteiger partial charge >= 0.3 is 0 Å². The molecule has 0 radical (unpaired) electrons. The first-order valence-corrected chi connectivity index (χ1v) is 6.47. The lowest BCUT2D eigenvalue weighted by Gasteiger charge is -2.29. The lowest BCUT2D eigenvalue weighted by Crippen LogP contribution is -2.18. The molecule has 0 saturated heterocycles. The Morgan fingerprint density at radius 2 is 1.75 bits per heavy atom. The minimum Gasteiger partial charge on any atom is -0.485 e. The van der Waals surface area contributed by atoms with Crippen molar-refractivity contribution in [1.82, 2.24) is 0 Å². The summed E-state index contributed by atoms with van der Waals surface area (Å²) < 4.78 is 30.9. The topological polar surface area (TPSA) is 29.5 Å². The fraction of sp³-hybridized carbons (Fsp3) is 0.250. The van der Waals surface area contributed by atoms with Crippen LogP contribution in [0.4, 0.5) is 8.78 Å². The van der Waals surface area contributed by atoms with E-state index in [0.717, 1.165) is 11.1 Å². The Hall–Kier alpha value is -1.94. The molecule has 2 atom stereocenters. The molecule has 1 heterocycles. The second kappa shape index (κ2) is 5.21. The highest BCUT2D eigenvalue weighted by Crippen LogP contribution is 2.40. The van der Waals surface area contributed by atoms with Crippen LogP contribution in [0.5, 0.6) is 5.75 Å². The summed E-state index contributed by atoms with van der Waals surface area (Å²) in [6.07, 6.45) is -2.96. The van der Waals surface area contributed by atoms with Crippen LogP contribution in [0.3, 0.4) is 0 Å². The Morgan fingerprint density at radius 3 is 2.45 bits per heavy atom. The Kier molecular flexibility index (Phi) is 3.40. The normalized spacial score (nSPS) is 21.4. The van der Waals surface area contributed by atoms with Gasteiger partial charge in [-0.2, -0.15) is 0 Å². The minimum atomic E-state index is -2.47. The second-order valence-electron chi connectivity index (χ2n) is 4.86. The summed E-state index contributed by atoms with van der Waals surface area (Å²) in [7, 11) is 0. The predicted octanol–water partition coefficient (Wildman–Crippen LogP) is 4.18. The zero-order valence-electron chi connectivity index (χ0n) is 10.7. The van der Waals surface area contributed by atoms with Gasteiger partial charge < -0.3 is 9.84 Å². The number of hydrogen-bond donors (Lipinski definition) is 1. The van der Waals surface area contributed by atoms with Gasteiger partial charge in [0.05, 0.1) is 6.10 Å². The van der Waals surface area contributed by atoms with Crippen molar-refractivity contribution in [2.45, 2.75) is 25.1 Å². The van der Waals surface area contributed by atoms with Crippen molar-refractivity contribution in [1.29, 1.82) is 0 Å². The van der Waals surface area contributed by atoms with Crippen molar-refractivity contribution in [3.05, 3.63) is 65.2 Å². The van der Waals surface area contributed by atoms with Gasteiger partial charge in [0.15, 0.2) is 0 Å². The number of halogens is 2. The van der Waals surface area contributed by atoms with Crippen molar-refractivity contribution in [3.8, 4) is 5.75 Å². The number of alkyl halides is 2. The first-order chi connectivity index (χ1) is 9.65. The van der Waals surface area contributed by atoms with Crippen LogP contribution in [0.1, 0.15) is 41.7 Å². The molecule has 104 valence electrons. The van der Waals surface area contributed by atoms with E-state index in [1.807, 2.05) is 18.2 Å². The Labute approximate surface area is 115 Å². The fourth-order valence-electron chi connectivity index (χ4n) is 2.45. The van der Waals surface area contributed by atoms with Crippen molar-refractivity contribution in [3.63, 3.8) is 0 Å². The maximum absolute atomic E-state index is 12.5. The van der Waals surface area contributed by atoms with Gasteiger partial charge in [0.2, 0.25) is 0 Å². The summed E-state index contributed by atoms with van der Waals surface area (Å²) >= 11 is 0. The molecule has 1 aliphatic heterocycles. The van der Waals surface area contributed by atoms with E-state index in [1.165, 1.54) is 12.1 Å². The smallest absolute Gasteiger partial charge is 0.263 e. The third kappa shape index (κ3) is 2.39. The van der Waals surface area contributed by atoms with E-state index in [-0.39, 0.29) is 11.7 Å². The number of aliphatic hydroxyl groups is 1. The van der Waals surface area contributed by atoms with Crippen LogP contribution in [-0.4, -0.2) is 5.11 Å². The molecule has 0 saturated carbocycles. The van der Waals surface area contributed by atoms with Crippen LogP contribution < -0.4 is 4.74 Å². The molecule has 0 aliphatic carbocycles. The average Bonchev–Trinajstić information content (AvgIpc) is 2.47. The van der Waals surface area contributed by atoms with Crippen LogP contribution in [0.15, 0.2) is 48.5 Å². The zero-order chi connectivity index (χ0) is 14.1. The number of hydrogen-bond acceptors (Lipinski definition) is 2. The molecule has 2 nitrogen and oxygen atoms in total. The first kappa shape index (κ1) is 13.1. The van der Waals surface area contributed by atoms with E-state index >= 15 is 0 Å². The van der Waals surface area contributed by atoms with Crippen LogP contribution in [0.25, 0.3) is 0 Å². The van der Waals surface area contributed by atoms with Gasteiger partial charge in [-0.1, -0.05) is 42.5 Å². The van der Waals surface area contributed by atoms with Crippen molar-refractivity contribution in [2.75, 3.05) is 0 Å². The summed E-state index contributed by atoms with van der Waals surface area (Å²) in [5, 5.41) is 10.1. The molecule has 1 aliphatic rings. The van der Waals surface area contributed by atoms with Gasteiger partial charge in [-0.25, -0.2) is 8.78 Å². The van der Waals surface area contributed by atoms with Gasteiger partial charge in [0, 0.05) is 17.5 Å². The SMILES string of the molecule is OC1CC(c2ccc(C(F)F)cc2)Oc2ccccc21. The Bertz CT molecular complexity index is 596. The van der Waals surface area contributed by atoms with E-state index in [1.54, 1.807) is 18.2 Å². The standard InChI is InChI=1S/C16H14F2O2/c17-16(18)11-7-5-10(6-8-11)15-9-13(19)12-3-1-2-4-14(12)20-15/h1-8,13,15-16,19H,9H2. The number of ether oxygens (including phenoxy) is 1. The number of benzene rings is 2. The van der Waals surface area contributed by atoms with Crippen LogP contribution in [0, 0.1) is 0 Å². The molecule has 0 amide bonds. The summed E-state index contributed by atoms with van der Waals surface area (Å²) in [6, 6.07) is 13.4. The molecule has 0 fully saturated rings. The maximum atomic E-state index is 12.5. The summed E-state index contributed by atoms with van der Waals surface area (Å²) in [5.74, 6) is 0.647. The predicted molar refractivity (Wildman–Crippen MR) is 70.8 cm³/mol. The number of fused-ring (bicyclic) bond motifs is 1. The molecule has 3 rings (SSSR count). The molecule has 2 unspecified atom stereocenters. The lowest BCUT2D eigenvalue weighted by atomic mass is 9.94. The Morgan fingerprint density at radius 1 is 1.05 bits per heavy atom. The molecular weight excluding hydrogens is 262 g/mol. The van der Waals surface area contributed by atoms with Gasteiger partial charge in [-0.15, -0.1) is 0 Å². The molecule has 4 heteroatoms. The molecule has 20 heavy (non-hydrogen) atoms. The minimum absolute atomic E-state index is 0.00879. The van der Waals surface area contributed by atoms with E-state index in [2.05, 4.69) is 0 Å². The Balaban J connectivity index is 1.86. The van der Waals surface area contributed by atoms with Crippen LogP contribution in [0.2, 0.25) is 0 Å². The van der Waals surface area contributed by atoms with E-state index < -0.39 is 12.5 Å². The van der Waals surface area contributed by atoms with Gasteiger partial charge in [-0.05, 0) is 11.6 Å². The highest BCUT2D eigenvalue weighted by Gasteiger charge is 2.27. The van der Waals surface area contributed by atoms with Crippen LogP contribution >= 0.6 is 0 Å². The third-order valence-corrected chi connectivity index (χ3v) is 3.54. The summed E-state index contributed by atoms with van der Waals surface area (Å²) in [4.78, 5) is 0. The fourth-order valence-corrected chi connectivity index (χ4v) is 2.45. The van der Waals surface area contributed by atoms with E-state index in [9.17, 15) is 13.9 Å². The number of rotatable bonds is 2. The largest absolute Gasteiger partial charge is 0.485 e.